The summed E-state index contributed by atoms with van der Waals surface area (Å²) in [4.78, 5) is 10.5. The lowest BCUT2D eigenvalue weighted by atomic mass is 9.93. The second-order valence-electron chi connectivity index (χ2n) is 6.63. The summed E-state index contributed by atoms with van der Waals surface area (Å²) in [5.74, 6) is 0. The first-order valence-electron chi connectivity index (χ1n) is 7.24. The van der Waals surface area contributed by atoms with Gasteiger partial charge in [0.05, 0.1) is 11.9 Å². The zero-order chi connectivity index (χ0) is 14.3. The number of fused-ring (bicyclic) bond motifs is 1. The normalized spacial score (nSPS) is 18.7. The Hall–Kier alpha value is -1.14. The van der Waals surface area contributed by atoms with Crippen molar-refractivity contribution in [2.24, 2.45) is 0 Å². The third kappa shape index (κ3) is 2.67. The van der Waals surface area contributed by atoms with Crippen LogP contribution in [0.3, 0.4) is 0 Å². The first-order valence-corrected chi connectivity index (χ1v) is 8.05. The molecular weight excluding hydrogens is 270 g/mol. The van der Waals surface area contributed by atoms with Gasteiger partial charge in [0.2, 0.25) is 10.1 Å². The van der Waals surface area contributed by atoms with Crippen molar-refractivity contribution in [2.75, 3.05) is 38.1 Å². The second kappa shape index (κ2) is 5.00. The van der Waals surface area contributed by atoms with Crippen LogP contribution < -0.4 is 4.90 Å². The van der Waals surface area contributed by atoms with Crippen LogP contribution in [-0.2, 0) is 5.41 Å². The first-order chi connectivity index (χ1) is 9.43. The van der Waals surface area contributed by atoms with Gasteiger partial charge in [0.15, 0.2) is 0 Å². The number of hydrogen-bond acceptors (Lipinski definition) is 5. The molecule has 3 heterocycles. The highest BCUT2D eigenvalue weighted by Crippen LogP contribution is 2.27. The predicted molar refractivity (Wildman–Crippen MR) is 83.9 cm³/mol. The zero-order valence-corrected chi connectivity index (χ0v) is 13.6. The van der Waals surface area contributed by atoms with Crippen LogP contribution in [0.25, 0.3) is 4.96 Å². The molecule has 1 aliphatic rings. The van der Waals surface area contributed by atoms with Gasteiger partial charge in [0.1, 0.15) is 0 Å². The number of rotatable bonds is 1. The summed E-state index contributed by atoms with van der Waals surface area (Å²) in [6.45, 7) is 11.0. The summed E-state index contributed by atoms with van der Waals surface area (Å²) in [6, 6.07) is 0. The topological polar surface area (TPSA) is 36.7 Å². The summed E-state index contributed by atoms with van der Waals surface area (Å²) >= 11 is 1.70. The van der Waals surface area contributed by atoms with Gasteiger partial charge in [0.25, 0.3) is 0 Å². The van der Waals surface area contributed by atoms with Crippen molar-refractivity contribution in [1.82, 2.24) is 19.5 Å². The minimum atomic E-state index is 0.0822. The quantitative estimate of drug-likeness (QED) is 0.808. The van der Waals surface area contributed by atoms with E-state index in [0.29, 0.717) is 0 Å². The van der Waals surface area contributed by atoms with Gasteiger partial charge < -0.3 is 9.80 Å². The Bertz CT molecular complexity index is 563. The van der Waals surface area contributed by atoms with Crippen LogP contribution in [0.5, 0.6) is 0 Å². The molecule has 0 atom stereocenters. The molecule has 6 heteroatoms. The van der Waals surface area contributed by atoms with Crippen molar-refractivity contribution in [3.8, 4) is 0 Å². The third-order valence-corrected chi connectivity index (χ3v) is 4.77. The van der Waals surface area contributed by atoms with E-state index < -0.39 is 0 Å². The Kier molecular flexibility index (Phi) is 3.46. The Labute approximate surface area is 124 Å². The summed E-state index contributed by atoms with van der Waals surface area (Å²) in [7, 11) is 2.19. The summed E-state index contributed by atoms with van der Waals surface area (Å²) < 4.78 is 1.94. The fourth-order valence-corrected chi connectivity index (χ4v) is 3.35. The van der Waals surface area contributed by atoms with Crippen LogP contribution in [0, 0.1) is 0 Å². The lowest BCUT2D eigenvalue weighted by molar-refractivity contribution is 0.360. The minimum Gasteiger partial charge on any atom is -0.345 e. The van der Waals surface area contributed by atoms with E-state index in [1.165, 1.54) is 13.0 Å². The monoisotopic (exact) mass is 293 g/mol. The van der Waals surface area contributed by atoms with Gasteiger partial charge in [-0.2, -0.15) is 0 Å². The highest BCUT2D eigenvalue weighted by atomic mass is 32.1. The number of likely N-dealkylation sites (N-methyl/N-ethyl adjacent to an activating group) is 1. The molecule has 0 radical (unpaired) electrons. The molecule has 0 N–H and O–H groups in total. The van der Waals surface area contributed by atoms with Gasteiger partial charge >= 0.3 is 0 Å². The maximum Gasteiger partial charge on any atom is 0.214 e. The smallest absolute Gasteiger partial charge is 0.214 e. The Morgan fingerprint density at radius 1 is 1.15 bits per heavy atom. The van der Waals surface area contributed by atoms with E-state index in [2.05, 4.69) is 43.8 Å². The molecule has 0 spiro atoms. The van der Waals surface area contributed by atoms with E-state index in [1.807, 2.05) is 4.52 Å². The average Bonchev–Trinajstić information content (AvgIpc) is 2.84. The molecule has 1 aliphatic heterocycles. The Morgan fingerprint density at radius 2 is 1.95 bits per heavy atom. The van der Waals surface area contributed by atoms with Crippen molar-refractivity contribution >= 4 is 21.4 Å². The largest absolute Gasteiger partial charge is 0.345 e. The van der Waals surface area contributed by atoms with Crippen molar-refractivity contribution in [3.63, 3.8) is 0 Å². The standard InChI is InChI=1S/C14H23N5S/c1-14(2,3)11-10-19-12(15-11)20-13(16-19)18-7-5-6-17(4)8-9-18/h10H,5-9H2,1-4H3. The molecule has 3 rings (SSSR count). The SMILES string of the molecule is CN1CCCN(c2nn3cc(C(C)(C)C)nc3s2)CC1. The lowest BCUT2D eigenvalue weighted by Gasteiger charge is -2.18. The van der Waals surface area contributed by atoms with E-state index in [4.69, 9.17) is 10.1 Å². The van der Waals surface area contributed by atoms with Gasteiger partial charge in [-0.25, -0.2) is 9.50 Å². The van der Waals surface area contributed by atoms with E-state index in [1.54, 1.807) is 11.3 Å². The average molecular weight is 293 g/mol. The number of aromatic nitrogens is 3. The summed E-state index contributed by atoms with van der Waals surface area (Å²) in [5.41, 5.74) is 1.19. The molecule has 0 aliphatic carbocycles. The van der Waals surface area contributed by atoms with Crippen LogP contribution in [-0.4, -0.2) is 52.7 Å². The molecule has 5 nitrogen and oxygen atoms in total. The molecule has 0 unspecified atom stereocenters. The van der Waals surface area contributed by atoms with Gasteiger partial charge in [-0.1, -0.05) is 32.1 Å². The third-order valence-electron chi connectivity index (χ3n) is 3.79. The molecule has 0 aromatic carbocycles. The van der Waals surface area contributed by atoms with E-state index in [0.717, 1.165) is 35.4 Å². The van der Waals surface area contributed by atoms with Crippen LogP contribution in [0.1, 0.15) is 32.9 Å². The van der Waals surface area contributed by atoms with Gasteiger partial charge in [-0.3, -0.25) is 0 Å². The number of nitrogens with zero attached hydrogens (tertiary/aromatic N) is 5. The minimum absolute atomic E-state index is 0.0822. The molecule has 0 saturated carbocycles. The van der Waals surface area contributed by atoms with Gasteiger partial charge in [0, 0.05) is 25.0 Å². The first kappa shape index (κ1) is 13.8. The van der Waals surface area contributed by atoms with Crippen LogP contribution in [0.2, 0.25) is 0 Å². The van der Waals surface area contributed by atoms with Crippen molar-refractivity contribution < 1.29 is 0 Å². The van der Waals surface area contributed by atoms with Crippen LogP contribution >= 0.6 is 11.3 Å². The van der Waals surface area contributed by atoms with Gasteiger partial charge in [-0.15, -0.1) is 5.10 Å². The number of imidazole rings is 1. The molecule has 110 valence electrons. The molecule has 1 fully saturated rings. The van der Waals surface area contributed by atoms with Crippen molar-refractivity contribution in [2.45, 2.75) is 32.6 Å². The van der Waals surface area contributed by atoms with Gasteiger partial charge in [-0.05, 0) is 20.0 Å². The number of hydrogen-bond donors (Lipinski definition) is 0. The predicted octanol–water partition coefficient (Wildman–Crippen LogP) is 2.23. The Morgan fingerprint density at radius 3 is 2.65 bits per heavy atom. The van der Waals surface area contributed by atoms with E-state index in [-0.39, 0.29) is 5.41 Å². The second-order valence-corrected chi connectivity index (χ2v) is 7.57. The zero-order valence-electron chi connectivity index (χ0n) is 12.8. The molecular formula is C14H23N5S. The fraction of sp³-hybridized carbons (Fsp3) is 0.714. The number of anilines is 1. The highest BCUT2D eigenvalue weighted by Gasteiger charge is 2.21. The summed E-state index contributed by atoms with van der Waals surface area (Å²) in [5, 5.41) is 5.82. The maximum absolute atomic E-state index is 4.72. The van der Waals surface area contributed by atoms with Crippen molar-refractivity contribution in [3.05, 3.63) is 11.9 Å². The molecule has 20 heavy (non-hydrogen) atoms. The highest BCUT2D eigenvalue weighted by molar-refractivity contribution is 7.20. The van der Waals surface area contributed by atoms with Crippen LogP contribution in [0.4, 0.5) is 5.13 Å². The Balaban J connectivity index is 1.84. The lowest BCUT2D eigenvalue weighted by Crippen LogP contribution is -2.28. The molecule has 2 aromatic rings. The maximum atomic E-state index is 4.72. The molecule has 0 amide bonds. The summed E-state index contributed by atoms with van der Waals surface area (Å²) in [6.07, 6.45) is 3.27. The van der Waals surface area contributed by atoms with Crippen LogP contribution in [0.15, 0.2) is 6.20 Å². The molecule has 2 aromatic heterocycles. The van der Waals surface area contributed by atoms with E-state index >= 15 is 0 Å². The molecule has 0 bridgehead atoms. The fourth-order valence-electron chi connectivity index (χ4n) is 2.42. The van der Waals surface area contributed by atoms with Crippen molar-refractivity contribution in [1.29, 1.82) is 0 Å². The molecule has 1 saturated heterocycles. The van der Waals surface area contributed by atoms with E-state index in [9.17, 15) is 0 Å².